The van der Waals surface area contributed by atoms with Gasteiger partial charge in [0.15, 0.2) is 0 Å². The Bertz CT molecular complexity index is 410. The second-order valence-corrected chi connectivity index (χ2v) is 5.24. The average Bonchev–Trinajstić information content (AvgIpc) is 2.89. The van der Waals surface area contributed by atoms with Crippen LogP contribution in [0.15, 0.2) is 30.3 Å². The van der Waals surface area contributed by atoms with Crippen molar-refractivity contribution in [3.8, 4) is 0 Å². The van der Waals surface area contributed by atoms with Crippen LogP contribution in [0.1, 0.15) is 18.9 Å². The fourth-order valence-electron chi connectivity index (χ4n) is 2.77. The number of amides is 1. The van der Waals surface area contributed by atoms with Crippen LogP contribution in [0.5, 0.6) is 0 Å². The molecule has 0 radical (unpaired) electrons. The lowest BCUT2D eigenvalue weighted by molar-refractivity contribution is -0.130. The molecule has 4 heteroatoms. The number of alkyl halides is 1. The number of rotatable bonds is 5. The second-order valence-electron chi connectivity index (χ2n) is 4.98. The molecular formula is C15H21ClN2O. The third-order valence-electron chi connectivity index (χ3n) is 3.71. The lowest BCUT2D eigenvalue weighted by Gasteiger charge is -2.27. The molecule has 1 aromatic rings. The Morgan fingerprint density at radius 3 is 2.79 bits per heavy atom. The smallest absolute Gasteiger partial charge is 0.237 e. The molecule has 0 saturated carbocycles. The van der Waals surface area contributed by atoms with Gasteiger partial charge in [-0.1, -0.05) is 30.3 Å². The van der Waals surface area contributed by atoms with Crippen molar-refractivity contribution in [3.05, 3.63) is 35.9 Å². The van der Waals surface area contributed by atoms with Gasteiger partial charge >= 0.3 is 0 Å². The van der Waals surface area contributed by atoms with Gasteiger partial charge in [0, 0.05) is 32.2 Å². The summed E-state index contributed by atoms with van der Waals surface area (Å²) in [4.78, 5) is 16.1. The van der Waals surface area contributed by atoms with Gasteiger partial charge in [0.1, 0.15) is 5.88 Å². The molecule has 0 unspecified atom stereocenters. The zero-order valence-corrected chi connectivity index (χ0v) is 12.1. The van der Waals surface area contributed by atoms with E-state index in [9.17, 15) is 4.79 Å². The maximum Gasteiger partial charge on any atom is 0.237 e. The summed E-state index contributed by atoms with van der Waals surface area (Å²) >= 11 is 5.67. The van der Waals surface area contributed by atoms with E-state index in [4.69, 9.17) is 11.6 Å². The van der Waals surface area contributed by atoms with E-state index in [0.29, 0.717) is 6.04 Å². The summed E-state index contributed by atoms with van der Waals surface area (Å²) in [5.74, 6) is 0.138. The molecule has 1 heterocycles. The SMILES string of the molecule is CCN(C(=O)CCl)[C@@H]1CCN(Cc2ccccc2)C1. The first kappa shape index (κ1) is 14.4. The Kier molecular flexibility index (Phi) is 5.23. The van der Waals surface area contributed by atoms with Gasteiger partial charge in [-0.3, -0.25) is 9.69 Å². The normalized spacial score (nSPS) is 19.6. The molecular weight excluding hydrogens is 260 g/mol. The minimum atomic E-state index is 0.0516. The predicted octanol–water partition coefficient (Wildman–Crippen LogP) is 2.35. The number of benzene rings is 1. The summed E-state index contributed by atoms with van der Waals surface area (Å²) in [6, 6.07) is 10.8. The summed E-state index contributed by atoms with van der Waals surface area (Å²) in [6.45, 7) is 5.72. The Morgan fingerprint density at radius 1 is 1.42 bits per heavy atom. The number of hydrogen-bond donors (Lipinski definition) is 0. The van der Waals surface area contributed by atoms with Crippen molar-refractivity contribution in [2.24, 2.45) is 0 Å². The third-order valence-corrected chi connectivity index (χ3v) is 3.94. The van der Waals surface area contributed by atoms with Crippen molar-refractivity contribution in [2.45, 2.75) is 25.9 Å². The molecule has 0 bridgehead atoms. The maximum absolute atomic E-state index is 11.8. The number of likely N-dealkylation sites (tertiary alicyclic amines) is 1. The van der Waals surface area contributed by atoms with Crippen molar-refractivity contribution in [1.82, 2.24) is 9.80 Å². The molecule has 0 N–H and O–H groups in total. The van der Waals surface area contributed by atoms with E-state index in [1.165, 1.54) is 5.56 Å². The highest BCUT2D eigenvalue weighted by atomic mass is 35.5. The van der Waals surface area contributed by atoms with Crippen LogP contribution in [0.2, 0.25) is 0 Å². The molecule has 0 aromatic heterocycles. The molecule has 1 saturated heterocycles. The Balaban J connectivity index is 1.90. The average molecular weight is 281 g/mol. The maximum atomic E-state index is 11.8. The molecule has 1 fully saturated rings. The number of likely N-dealkylation sites (N-methyl/N-ethyl adjacent to an activating group) is 1. The van der Waals surface area contributed by atoms with E-state index in [1.54, 1.807) is 0 Å². The Hall–Kier alpha value is -1.06. The summed E-state index contributed by atoms with van der Waals surface area (Å²) < 4.78 is 0. The number of nitrogens with zero attached hydrogens (tertiary/aromatic N) is 2. The minimum absolute atomic E-state index is 0.0516. The molecule has 0 aliphatic carbocycles. The van der Waals surface area contributed by atoms with Gasteiger partial charge in [0.25, 0.3) is 0 Å². The minimum Gasteiger partial charge on any atom is -0.338 e. The van der Waals surface area contributed by atoms with E-state index >= 15 is 0 Å². The van der Waals surface area contributed by atoms with Crippen LogP contribution in [0.3, 0.4) is 0 Å². The molecule has 1 aromatic carbocycles. The van der Waals surface area contributed by atoms with Crippen LogP contribution in [-0.2, 0) is 11.3 Å². The van der Waals surface area contributed by atoms with Crippen LogP contribution in [-0.4, -0.2) is 47.3 Å². The van der Waals surface area contributed by atoms with Crippen molar-refractivity contribution < 1.29 is 4.79 Å². The van der Waals surface area contributed by atoms with E-state index < -0.39 is 0 Å². The van der Waals surface area contributed by atoms with E-state index in [0.717, 1.165) is 32.6 Å². The van der Waals surface area contributed by atoms with Gasteiger partial charge in [-0.25, -0.2) is 0 Å². The van der Waals surface area contributed by atoms with Gasteiger partial charge in [0.05, 0.1) is 0 Å². The lowest BCUT2D eigenvalue weighted by Crippen LogP contribution is -2.42. The highest BCUT2D eigenvalue weighted by Crippen LogP contribution is 2.18. The van der Waals surface area contributed by atoms with Crippen molar-refractivity contribution in [3.63, 3.8) is 0 Å². The van der Waals surface area contributed by atoms with Crippen LogP contribution in [0.25, 0.3) is 0 Å². The van der Waals surface area contributed by atoms with E-state index in [-0.39, 0.29) is 11.8 Å². The van der Waals surface area contributed by atoms with Crippen molar-refractivity contribution >= 4 is 17.5 Å². The fourth-order valence-corrected chi connectivity index (χ4v) is 2.92. The van der Waals surface area contributed by atoms with Gasteiger partial charge in [0.2, 0.25) is 5.91 Å². The van der Waals surface area contributed by atoms with Crippen LogP contribution >= 0.6 is 11.6 Å². The standard InChI is InChI=1S/C15H21ClN2O/c1-2-18(15(19)10-16)14-8-9-17(12-14)11-13-6-4-3-5-7-13/h3-7,14H,2,8-12H2,1H3/t14-/m1/s1. The van der Waals surface area contributed by atoms with Gasteiger partial charge in [-0.15, -0.1) is 11.6 Å². The van der Waals surface area contributed by atoms with E-state index in [1.807, 2.05) is 17.9 Å². The predicted molar refractivity (Wildman–Crippen MR) is 78.2 cm³/mol. The summed E-state index contributed by atoms with van der Waals surface area (Å²) in [5.41, 5.74) is 1.33. The topological polar surface area (TPSA) is 23.6 Å². The lowest BCUT2D eigenvalue weighted by atomic mass is 10.2. The largest absolute Gasteiger partial charge is 0.338 e. The summed E-state index contributed by atoms with van der Waals surface area (Å²) in [7, 11) is 0. The Morgan fingerprint density at radius 2 is 2.16 bits per heavy atom. The first-order valence-electron chi connectivity index (χ1n) is 6.86. The second kappa shape index (κ2) is 6.92. The molecule has 1 atom stereocenters. The van der Waals surface area contributed by atoms with E-state index in [2.05, 4.69) is 29.2 Å². The number of carbonyl (C=O) groups is 1. The molecule has 0 spiro atoms. The monoisotopic (exact) mass is 280 g/mol. The molecule has 19 heavy (non-hydrogen) atoms. The highest BCUT2D eigenvalue weighted by molar-refractivity contribution is 6.27. The molecule has 1 aliphatic rings. The fraction of sp³-hybridized carbons (Fsp3) is 0.533. The number of carbonyl (C=O) groups excluding carboxylic acids is 1. The molecule has 2 rings (SSSR count). The third kappa shape index (κ3) is 3.71. The summed E-state index contributed by atoms with van der Waals surface area (Å²) in [6.07, 6.45) is 1.04. The van der Waals surface area contributed by atoms with Crippen molar-refractivity contribution in [2.75, 3.05) is 25.5 Å². The Labute approximate surface area is 120 Å². The first-order valence-corrected chi connectivity index (χ1v) is 7.39. The zero-order valence-electron chi connectivity index (χ0n) is 11.4. The molecule has 104 valence electrons. The number of halogens is 1. The quantitative estimate of drug-likeness (QED) is 0.773. The molecule has 1 amide bonds. The highest BCUT2D eigenvalue weighted by Gasteiger charge is 2.29. The van der Waals surface area contributed by atoms with Crippen molar-refractivity contribution in [1.29, 1.82) is 0 Å². The van der Waals surface area contributed by atoms with Crippen LogP contribution in [0.4, 0.5) is 0 Å². The van der Waals surface area contributed by atoms with Gasteiger partial charge < -0.3 is 4.90 Å². The van der Waals surface area contributed by atoms with Gasteiger partial charge in [-0.05, 0) is 18.9 Å². The number of hydrogen-bond acceptors (Lipinski definition) is 2. The first-order chi connectivity index (χ1) is 9.24. The van der Waals surface area contributed by atoms with Crippen LogP contribution in [0, 0.1) is 0 Å². The zero-order chi connectivity index (χ0) is 13.7. The van der Waals surface area contributed by atoms with Crippen LogP contribution < -0.4 is 0 Å². The molecule has 3 nitrogen and oxygen atoms in total. The van der Waals surface area contributed by atoms with Gasteiger partial charge in [-0.2, -0.15) is 0 Å². The molecule has 1 aliphatic heterocycles. The summed E-state index contributed by atoms with van der Waals surface area (Å²) in [5, 5.41) is 0.